The number of nitrogens with one attached hydrogen (secondary N) is 2. The standard InChI is InChI=1S/C18H30N4O.HI/c1-19-18(21-12-17(22(2)3)15-9-10-15)20-11-16(13-23)14-7-5-4-6-8-14;/h4-8,15-17,23H,9-13H2,1-3H3,(H2,19,20,21);1H. The number of nitrogens with zero attached hydrogens (tertiary/aromatic N) is 2. The summed E-state index contributed by atoms with van der Waals surface area (Å²) in [6, 6.07) is 10.6. The molecule has 2 unspecified atom stereocenters. The second-order valence-corrected chi connectivity index (χ2v) is 6.49. The van der Waals surface area contributed by atoms with E-state index in [1.54, 1.807) is 7.05 Å². The molecule has 0 heterocycles. The lowest BCUT2D eigenvalue weighted by atomic mass is 10.0. The largest absolute Gasteiger partial charge is 0.396 e. The van der Waals surface area contributed by atoms with Crippen LogP contribution in [0.25, 0.3) is 0 Å². The Morgan fingerprint density at radius 3 is 2.33 bits per heavy atom. The molecule has 0 bridgehead atoms. The maximum absolute atomic E-state index is 9.63. The van der Waals surface area contributed by atoms with Crippen LogP contribution >= 0.6 is 24.0 Å². The van der Waals surface area contributed by atoms with Gasteiger partial charge in [-0.15, -0.1) is 24.0 Å². The van der Waals surface area contributed by atoms with Crippen molar-refractivity contribution in [1.82, 2.24) is 15.5 Å². The molecule has 24 heavy (non-hydrogen) atoms. The van der Waals surface area contributed by atoms with Crippen molar-refractivity contribution in [3.63, 3.8) is 0 Å². The van der Waals surface area contributed by atoms with Crippen LogP contribution in [0.5, 0.6) is 0 Å². The topological polar surface area (TPSA) is 59.9 Å². The van der Waals surface area contributed by atoms with Gasteiger partial charge in [0.05, 0.1) is 6.61 Å². The monoisotopic (exact) mass is 446 g/mol. The molecule has 0 aliphatic heterocycles. The molecule has 0 aromatic heterocycles. The van der Waals surface area contributed by atoms with Gasteiger partial charge in [-0.05, 0) is 38.4 Å². The molecule has 1 fully saturated rings. The molecule has 2 rings (SSSR count). The number of hydrogen-bond donors (Lipinski definition) is 3. The highest BCUT2D eigenvalue weighted by Gasteiger charge is 2.32. The zero-order chi connectivity index (χ0) is 16.7. The van der Waals surface area contributed by atoms with Crippen molar-refractivity contribution in [3.8, 4) is 0 Å². The van der Waals surface area contributed by atoms with Crippen LogP contribution in [0.15, 0.2) is 35.3 Å². The average Bonchev–Trinajstić information content (AvgIpc) is 3.39. The van der Waals surface area contributed by atoms with E-state index in [0.717, 1.165) is 24.0 Å². The van der Waals surface area contributed by atoms with Crippen molar-refractivity contribution in [3.05, 3.63) is 35.9 Å². The fourth-order valence-corrected chi connectivity index (χ4v) is 2.91. The molecular weight excluding hydrogens is 415 g/mol. The second kappa shape index (κ2) is 10.9. The Balaban J connectivity index is 0.00000288. The number of guanidine groups is 1. The summed E-state index contributed by atoms with van der Waals surface area (Å²) < 4.78 is 0. The lowest BCUT2D eigenvalue weighted by Crippen LogP contribution is -2.46. The summed E-state index contributed by atoms with van der Waals surface area (Å²) in [6.45, 7) is 1.68. The number of halogens is 1. The van der Waals surface area contributed by atoms with Gasteiger partial charge < -0.3 is 20.6 Å². The SMILES string of the molecule is CN=C(NCC(CO)c1ccccc1)NCC(C1CC1)N(C)C.I. The highest BCUT2D eigenvalue weighted by molar-refractivity contribution is 14.0. The van der Waals surface area contributed by atoms with Crippen molar-refractivity contribution >= 4 is 29.9 Å². The Morgan fingerprint density at radius 1 is 1.21 bits per heavy atom. The van der Waals surface area contributed by atoms with Crippen molar-refractivity contribution in [2.45, 2.75) is 24.8 Å². The molecule has 1 aromatic rings. The van der Waals surface area contributed by atoms with E-state index >= 15 is 0 Å². The molecule has 6 heteroatoms. The van der Waals surface area contributed by atoms with Crippen LogP contribution in [0.1, 0.15) is 24.3 Å². The summed E-state index contributed by atoms with van der Waals surface area (Å²) >= 11 is 0. The van der Waals surface area contributed by atoms with Crippen molar-refractivity contribution in [2.24, 2.45) is 10.9 Å². The van der Waals surface area contributed by atoms with Crippen LogP contribution in [0, 0.1) is 5.92 Å². The molecule has 1 aromatic carbocycles. The van der Waals surface area contributed by atoms with Gasteiger partial charge >= 0.3 is 0 Å². The van der Waals surface area contributed by atoms with Crippen molar-refractivity contribution in [2.75, 3.05) is 40.8 Å². The Hall–Kier alpha value is -0.860. The highest BCUT2D eigenvalue weighted by Crippen LogP contribution is 2.34. The molecule has 0 amide bonds. The third-order valence-electron chi connectivity index (χ3n) is 4.54. The summed E-state index contributed by atoms with van der Waals surface area (Å²) in [5.41, 5.74) is 1.14. The van der Waals surface area contributed by atoms with Gasteiger partial charge in [0, 0.05) is 32.1 Å². The van der Waals surface area contributed by atoms with Gasteiger partial charge in [0.25, 0.3) is 0 Å². The Labute approximate surface area is 162 Å². The summed E-state index contributed by atoms with van der Waals surface area (Å²) in [5.74, 6) is 1.68. The van der Waals surface area contributed by atoms with Crippen molar-refractivity contribution in [1.29, 1.82) is 0 Å². The first kappa shape index (κ1) is 21.2. The number of rotatable bonds is 8. The van der Waals surface area contributed by atoms with Crippen molar-refractivity contribution < 1.29 is 5.11 Å². The molecule has 1 aliphatic rings. The Kier molecular flexibility index (Phi) is 9.61. The predicted molar refractivity (Wildman–Crippen MR) is 111 cm³/mol. The van der Waals surface area contributed by atoms with Gasteiger partial charge in [-0.1, -0.05) is 30.3 Å². The number of hydrogen-bond acceptors (Lipinski definition) is 3. The summed E-state index contributed by atoms with van der Waals surface area (Å²) in [7, 11) is 6.06. The minimum atomic E-state index is 0. The van der Waals surface area contributed by atoms with Crippen LogP contribution in [0.3, 0.4) is 0 Å². The van der Waals surface area contributed by atoms with Gasteiger partial charge in [-0.2, -0.15) is 0 Å². The number of benzene rings is 1. The second-order valence-electron chi connectivity index (χ2n) is 6.49. The lowest BCUT2D eigenvalue weighted by Gasteiger charge is -2.26. The minimum absolute atomic E-state index is 0. The van der Waals surface area contributed by atoms with Gasteiger partial charge in [0.1, 0.15) is 0 Å². The lowest BCUT2D eigenvalue weighted by molar-refractivity contribution is 0.261. The smallest absolute Gasteiger partial charge is 0.191 e. The zero-order valence-corrected chi connectivity index (χ0v) is 17.2. The molecule has 1 saturated carbocycles. The number of aliphatic hydroxyl groups is 1. The van der Waals surface area contributed by atoms with E-state index in [2.05, 4.69) is 34.6 Å². The van der Waals surface area contributed by atoms with Crippen LogP contribution in [-0.4, -0.2) is 62.8 Å². The van der Waals surface area contributed by atoms with E-state index in [1.807, 2.05) is 30.3 Å². The van der Waals surface area contributed by atoms with E-state index in [4.69, 9.17) is 0 Å². The number of aliphatic imine (C=N–C) groups is 1. The van der Waals surface area contributed by atoms with E-state index in [0.29, 0.717) is 12.6 Å². The molecule has 0 saturated heterocycles. The number of aliphatic hydroxyl groups excluding tert-OH is 1. The quantitative estimate of drug-likeness (QED) is 0.324. The summed E-state index contributed by atoms with van der Waals surface area (Å²) in [5, 5.41) is 16.4. The maximum atomic E-state index is 9.63. The fraction of sp³-hybridized carbons (Fsp3) is 0.611. The average molecular weight is 446 g/mol. The van der Waals surface area contributed by atoms with E-state index in [1.165, 1.54) is 12.8 Å². The van der Waals surface area contributed by atoms with Crippen LogP contribution < -0.4 is 10.6 Å². The minimum Gasteiger partial charge on any atom is -0.396 e. The third kappa shape index (κ3) is 6.57. The Morgan fingerprint density at radius 2 is 1.83 bits per heavy atom. The first-order valence-electron chi connectivity index (χ1n) is 8.42. The maximum Gasteiger partial charge on any atom is 0.191 e. The third-order valence-corrected chi connectivity index (χ3v) is 4.54. The zero-order valence-electron chi connectivity index (χ0n) is 14.9. The van der Waals surface area contributed by atoms with Gasteiger partial charge in [0.2, 0.25) is 0 Å². The highest BCUT2D eigenvalue weighted by atomic mass is 127. The molecule has 3 N–H and O–H groups in total. The first-order chi connectivity index (χ1) is 11.2. The van der Waals surface area contributed by atoms with E-state index < -0.39 is 0 Å². The molecular formula is C18H31IN4O. The molecule has 1 aliphatic carbocycles. The summed E-state index contributed by atoms with van der Waals surface area (Å²) in [4.78, 5) is 6.58. The Bertz CT molecular complexity index is 489. The van der Waals surface area contributed by atoms with E-state index in [9.17, 15) is 5.11 Å². The van der Waals surface area contributed by atoms with Gasteiger partial charge in [-0.3, -0.25) is 4.99 Å². The molecule has 0 radical (unpaired) electrons. The normalized spacial score (nSPS) is 17.1. The molecule has 5 nitrogen and oxygen atoms in total. The summed E-state index contributed by atoms with van der Waals surface area (Å²) in [6.07, 6.45) is 2.66. The van der Waals surface area contributed by atoms with Gasteiger partial charge in [-0.25, -0.2) is 0 Å². The molecule has 0 spiro atoms. The molecule has 136 valence electrons. The van der Waals surface area contributed by atoms with E-state index in [-0.39, 0.29) is 36.5 Å². The van der Waals surface area contributed by atoms with Gasteiger partial charge in [0.15, 0.2) is 5.96 Å². The number of likely N-dealkylation sites (N-methyl/N-ethyl adjacent to an activating group) is 1. The van der Waals surface area contributed by atoms with Crippen LogP contribution in [0.2, 0.25) is 0 Å². The van der Waals surface area contributed by atoms with Crippen LogP contribution in [0.4, 0.5) is 0 Å². The fourth-order valence-electron chi connectivity index (χ4n) is 2.91. The first-order valence-corrected chi connectivity index (χ1v) is 8.42. The van der Waals surface area contributed by atoms with Crippen LogP contribution in [-0.2, 0) is 0 Å². The predicted octanol–water partition coefficient (Wildman–Crippen LogP) is 1.89. The molecule has 2 atom stereocenters.